The molecule has 0 saturated carbocycles. The van der Waals surface area contributed by atoms with E-state index in [-0.39, 0.29) is 0 Å². The van der Waals surface area contributed by atoms with Gasteiger partial charge in [0.15, 0.2) is 0 Å². The summed E-state index contributed by atoms with van der Waals surface area (Å²) < 4.78 is 0. The molecule has 0 saturated heterocycles. The molecule has 25 heavy (non-hydrogen) atoms. The van der Waals surface area contributed by atoms with E-state index < -0.39 is 20.1 Å². The minimum Gasteiger partial charge on any atom is -0.194 e. The van der Waals surface area contributed by atoms with Crippen molar-refractivity contribution in [1.82, 2.24) is 0 Å². The predicted molar refractivity (Wildman–Crippen MR) is 116 cm³/mol. The molecule has 2 aliphatic rings. The lowest BCUT2D eigenvalue weighted by molar-refractivity contribution is 1.29. The first-order valence-corrected chi connectivity index (χ1v) is 13.6. The molecule has 0 N–H and O–H groups in total. The summed E-state index contributed by atoms with van der Waals surface area (Å²) in [6.45, 7) is 0.402. The van der Waals surface area contributed by atoms with E-state index in [9.17, 15) is 0 Å². The summed E-state index contributed by atoms with van der Waals surface area (Å²) in [4.78, 5) is 6.33. The van der Waals surface area contributed by atoms with E-state index >= 15 is 0 Å². The largest absolute Gasteiger partial charge is 0.246 e. The molecule has 0 radical (unpaired) electrons. The Morgan fingerprint density at radius 1 is 0.520 bits per heavy atom. The molecule has 3 aromatic rings. The predicted octanol–water partition coefficient (Wildman–Crippen LogP) is 3.79. The van der Waals surface area contributed by atoms with Gasteiger partial charge in [-0.2, -0.15) is 20.1 Å². The minimum absolute atomic E-state index is 0.402. The maximum Gasteiger partial charge on any atom is 0.246 e. The molecule has 126 valence electrons. The van der Waals surface area contributed by atoms with Crippen molar-refractivity contribution in [2.24, 2.45) is 0 Å². The van der Waals surface area contributed by atoms with Crippen LogP contribution in [0.3, 0.4) is 0 Å². The number of hydrogen-bond donors (Lipinski definition) is 0. The van der Waals surface area contributed by atoms with Crippen LogP contribution in [0.1, 0.15) is 0 Å². The summed E-state index contributed by atoms with van der Waals surface area (Å²) in [7, 11) is -1.94. The fraction of sp³-hybridized carbons (Fsp3) is 0.182. The Kier molecular flexibility index (Phi) is 3.13. The third-order valence-corrected chi connectivity index (χ3v) is 11.8. The van der Waals surface area contributed by atoms with Gasteiger partial charge in [-0.3, -0.25) is 0 Å². The highest BCUT2D eigenvalue weighted by atomic mass is 32.3. The van der Waals surface area contributed by atoms with Crippen LogP contribution in [-0.4, -0.2) is 31.7 Å². The van der Waals surface area contributed by atoms with Gasteiger partial charge in [-0.05, 0) is 50.1 Å². The van der Waals surface area contributed by atoms with Crippen LogP contribution in [0.4, 0.5) is 0 Å². The fourth-order valence-corrected chi connectivity index (χ4v) is 10.1. The monoisotopic (exact) mass is 362 g/mol. The van der Waals surface area contributed by atoms with Crippen molar-refractivity contribution >= 4 is 43.2 Å². The van der Waals surface area contributed by atoms with Crippen LogP contribution in [0.2, 0.25) is 0 Å². The Bertz CT molecular complexity index is 942. The van der Waals surface area contributed by atoms with E-state index in [1.54, 1.807) is 25.0 Å². The smallest absolute Gasteiger partial charge is 0.194 e. The third-order valence-electron chi connectivity index (χ3n) is 5.97. The molecule has 0 spiro atoms. The molecule has 2 aliphatic heterocycles. The first-order valence-electron chi connectivity index (χ1n) is 8.71. The van der Waals surface area contributed by atoms with E-state index in [1.165, 1.54) is 10.9 Å². The van der Waals surface area contributed by atoms with E-state index in [4.69, 9.17) is 0 Å². The molecule has 5 rings (SSSR count). The van der Waals surface area contributed by atoms with Crippen molar-refractivity contribution < 1.29 is 0 Å². The van der Waals surface area contributed by atoms with Crippen LogP contribution in [0.25, 0.3) is 0 Å². The standard InChI is InChI=1S/C22H23BS2/c1-24(2)18-12-7-5-10-16(18)23-17-11-6-8-13-19(17)25(3,4)21-15-9-14-20(24)22(21)23/h5-15H,1-4H3. The summed E-state index contributed by atoms with van der Waals surface area (Å²) in [6, 6.07) is 25.5. The quantitative estimate of drug-likeness (QED) is 0.534. The van der Waals surface area contributed by atoms with Crippen molar-refractivity contribution in [3.8, 4) is 0 Å². The zero-order valence-electron chi connectivity index (χ0n) is 15.2. The van der Waals surface area contributed by atoms with E-state index in [1.807, 2.05) is 0 Å². The maximum atomic E-state index is 2.47. The summed E-state index contributed by atoms with van der Waals surface area (Å²) in [5.74, 6) is 0. The van der Waals surface area contributed by atoms with E-state index in [0.29, 0.717) is 6.71 Å². The summed E-state index contributed by atoms with van der Waals surface area (Å²) in [5.41, 5.74) is 4.69. The number of fused-ring (bicyclic) bond motifs is 4. The molecule has 3 aromatic carbocycles. The Morgan fingerprint density at radius 2 is 0.920 bits per heavy atom. The van der Waals surface area contributed by atoms with Crippen molar-refractivity contribution in [1.29, 1.82) is 0 Å². The Morgan fingerprint density at radius 3 is 1.40 bits per heavy atom. The highest BCUT2D eigenvalue weighted by Gasteiger charge is 2.45. The highest BCUT2D eigenvalue weighted by Crippen LogP contribution is 2.62. The molecule has 0 bridgehead atoms. The van der Waals surface area contributed by atoms with Crippen LogP contribution in [-0.2, 0) is 0 Å². The van der Waals surface area contributed by atoms with Crippen molar-refractivity contribution in [3.63, 3.8) is 0 Å². The molecule has 0 nitrogen and oxygen atoms in total. The topological polar surface area (TPSA) is 0 Å². The second-order valence-electron chi connectivity index (χ2n) is 7.83. The lowest BCUT2D eigenvalue weighted by atomic mass is 9.36. The maximum absolute atomic E-state index is 2.47. The van der Waals surface area contributed by atoms with Crippen LogP contribution in [0.15, 0.2) is 86.3 Å². The SMILES string of the molecule is CS1(C)c2ccccc2B2c3ccccc3S(C)(C)c3cccc1c32. The third kappa shape index (κ3) is 1.89. The van der Waals surface area contributed by atoms with Crippen LogP contribution >= 0.6 is 20.1 Å². The van der Waals surface area contributed by atoms with Gasteiger partial charge < -0.3 is 0 Å². The molecule has 2 heterocycles. The summed E-state index contributed by atoms with van der Waals surface area (Å²) in [6.07, 6.45) is 9.89. The van der Waals surface area contributed by atoms with Gasteiger partial charge >= 0.3 is 0 Å². The van der Waals surface area contributed by atoms with Crippen LogP contribution in [0.5, 0.6) is 0 Å². The van der Waals surface area contributed by atoms with Gasteiger partial charge in [-0.25, -0.2) is 0 Å². The second kappa shape index (κ2) is 4.99. The molecular formula is C22H23BS2. The first kappa shape index (κ1) is 15.7. The Balaban J connectivity index is 1.97. The lowest BCUT2D eigenvalue weighted by Gasteiger charge is -2.50. The minimum atomic E-state index is -0.972. The zero-order chi connectivity index (χ0) is 17.4. The second-order valence-corrected chi connectivity index (χ2v) is 14.9. The number of benzene rings is 3. The molecule has 0 aliphatic carbocycles. The van der Waals surface area contributed by atoms with Gasteiger partial charge in [0.1, 0.15) is 0 Å². The molecule has 0 amide bonds. The van der Waals surface area contributed by atoms with Gasteiger partial charge in [-0.1, -0.05) is 77.7 Å². The lowest BCUT2D eigenvalue weighted by Crippen LogP contribution is -2.60. The van der Waals surface area contributed by atoms with E-state index in [0.717, 1.165) is 0 Å². The van der Waals surface area contributed by atoms with Crippen molar-refractivity contribution in [2.45, 2.75) is 19.6 Å². The number of hydrogen-bond acceptors (Lipinski definition) is 0. The Labute approximate surface area is 154 Å². The molecule has 0 atom stereocenters. The van der Waals surface area contributed by atoms with E-state index in [2.05, 4.69) is 91.8 Å². The van der Waals surface area contributed by atoms with Gasteiger partial charge in [0.25, 0.3) is 0 Å². The van der Waals surface area contributed by atoms with Gasteiger partial charge in [0, 0.05) is 0 Å². The average Bonchev–Trinajstić information content (AvgIpc) is 2.61. The normalized spacial score (nSPS) is 20.7. The number of rotatable bonds is 0. The molecular weight excluding hydrogens is 339 g/mol. The average molecular weight is 362 g/mol. The fourth-order valence-electron chi connectivity index (χ4n) is 4.78. The van der Waals surface area contributed by atoms with Gasteiger partial charge in [-0.15, -0.1) is 0 Å². The zero-order valence-corrected chi connectivity index (χ0v) is 16.9. The summed E-state index contributed by atoms with van der Waals surface area (Å²) >= 11 is 0. The van der Waals surface area contributed by atoms with Gasteiger partial charge in [0.2, 0.25) is 6.71 Å². The molecule has 0 fully saturated rings. The van der Waals surface area contributed by atoms with Crippen molar-refractivity contribution in [2.75, 3.05) is 25.0 Å². The molecule has 0 aromatic heterocycles. The van der Waals surface area contributed by atoms with Crippen LogP contribution < -0.4 is 16.4 Å². The highest BCUT2D eigenvalue weighted by molar-refractivity contribution is 8.34. The van der Waals surface area contributed by atoms with Gasteiger partial charge in [0.05, 0.1) is 0 Å². The van der Waals surface area contributed by atoms with Crippen molar-refractivity contribution in [3.05, 3.63) is 66.7 Å². The van der Waals surface area contributed by atoms with Crippen LogP contribution in [0, 0.1) is 0 Å². The Hall–Kier alpha value is -1.58. The first-order chi connectivity index (χ1) is 11.9. The summed E-state index contributed by atoms with van der Waals surface area (Å²) in [5, 5.41) is 0. The molecule has 0 unspecified atom stereocenters. The molecule has 3 heteroatoms.